The summed E-state index contributed by atoms with van der Waals surface area (Å²) in [7, 11) is 2.87. The van der Waals surface area contributed by atoms with Gasteiger partial charge in [-0.3, -0.25) is 0 Å². The van der Waals surface area contributed by atoms with Crippen LogP contribution < -0.4 is 10.1 Å². The molecule has 3 aromatic rings. The number of ether oxygens (including phenoxy) is 2. The molecule has 0 unspecified atom stereocenters. The summed E-state index contributed by atoms with van der Waals surface area (Å²) in [5.74, 6) is 0.215. The number of aromatic nitrogens is 1. The van der Waals surface area contributed by atoms with E-state index in [0.29, 0.717) is 27.7 Å². The maximum atomic E-state index is 12.3. The monoisotopic (exact) mass is 372 g/mol. The summed E-state index contributed by atoms with van der Waals surface area (Å²) in [6.45, 7) is 1.95. The van der Waals surface area contributed by atoms with Crippen LogP contribution in [-0.2, 0) is 4.74 Å². The van der Waals surface area contributed by atoms with Crippen LogP contribution in [0.3, 0.4) is 0 Å². The number of hydrogen-bond acceptors (Lipinski definition) is 6. The lowest BCUT2D eigenvalue weighted by Gasteiger charge is -2.10. The molecule has 2 aromatic carbocycles. The van der Waals surface area contributed by atoms with E-state index in [-0.39, 0.29) is 11.4 Å². The van der Waals surface area contributed by atoms with Gasteiger partial charge in [0.2, 0.25) is 5.88 Å². The van der Waals surface area contributed by atoms with Crippen LogP contribution in [0.1, 0.15) is 15.9 Å². The fourth-order valence-electron chi connectivity index (χ4n) is 2.51. The standard InChI is InChI=1S/C19H17ClN2O4/c1-11-4-9-15(24-2)14(10-11)21-18-16(19(23)25-3)17(22-26-18)12-5-7-13(20)8-6-12/h4-10,21H,1-3H3. The lowest BCUT2D eigenvalue weighted by atomic mass is 10.1. The van der Waals surface area contributed by atoms with Crippen molar-refractivity contribution in [1.82, 2.24) is 5.16 Å². The van der Waals surface area contributed by atoms with Crippen LogP contribution in [0.2, 0.25) is 5.02 Å². The van der Waals surface area contributed by atoms with E-state index in [4.69, 9.17) is 25.6 Å². The molecule has 0 bridgehead atoms. The van der Waals surface area contributed by atoms with Crippen molar-refractivity contribution in [2.45, 2.75) is 6.92 Å². The smallest absolute Gasteiger partial charge is 0.345 e. The second-order valence-electron chi connectivity index (χ2n) is 5.56. The number of hydrogen-bond donors (Lipinski definition) is 1. The zero-order valence-corrected chi connectivity index (χ0v) is 15.3. The van der Waals surface area contributed by atoms with Crippen molar-refractivity contribution in [3.63, 3.8) is 0 Å². The van der Waals surface area contributed by atoms with Crippen molar-refractivity contribution in [1.29, 1.82) is 0 Å². The van der Waals surface area contributed by atoms with Gasteiger partial charge >= 0.3 is 5.97 Å². The molecule has 0 saturated heterocycles. The minimum absolute atomic E-state index is 0.172. The predicted molar refractivity (Wildman–Crippen MR) is 99.3 cm³/mol. The van der Waals surface area contributed by atoms with Crippen LogP contribution in [0, 0.1) is 6.92 Å². The van der Waals surface area contributed by atoms with E-state index in [1.807, 2.05) is 25.1 Å². The number of nitrogens with zero attached hydrogens (tertiary/aromatic N) is 1. The largest absolute Gasteiger partial charge is 0.495 e. The van der Waals surface area contributed by atoms with Gasteiger partial charge in [-0.2, -0.15) is 0 Å². The SMILES string of the molecule is COC(=O)c1c(-c2ccc(Cl)cc2)noc1Nc1cc(C)ccc1OC. The molecule has 134 valence electrons. The topological polar surface area (TPSA) is 73.6 Å². The molecule has 0 radical (unpaired) electrons. The first-order valence-electron chi connectivity index (χ1n) is 7.79. The quantitative estimate of drug-likeness (QED) is 0.646. The molecule has 0 aliphatic rings. The number of benzene rings is 2. The fraction of sp³-hybridized carbons (Fsp3) is 0.158. The van der Waals surface area contributed by atoms with E-state index in [2.05, 4.69) is 10.5 Å². The van der Waals surface area contributed by atoms with Gasteiger partial charge in [0.15, 0.2) is 5.56 Å². The highest BCUT2D eigenvalue weighted by atomic mass is 35.5. The molecular weight excluding hydrogens is 356 g/mol. The molecule has 0 aliphatic heterocycles. The minimum atomic E-state index is -0.565. The number of aryl methyl sites for hydroxylation is 1. The number of carbonyl (C=O) groups excluding carboxylic acids is 1. The van der Waals surface area contributed by atoms with Crippen LogP contribution in [0.15, 0.2) is 47.0 Å². The Morgan fingerprint density at radius 1 is 1.15 bits per heavy atom. The Balaban J connectivity index is 2.07. The number of anilines is 2. The molecule has 0 fully saturated rings. The van der Waals surface area contributed by atoms with Gasteiger partial charge in [0, 0.05) is 10.6 Å². The van der Waals surface area contributed by atoms with Crippen LogP contribution in [0.4, 0.5) is 11.6 Å². The summed E-state index contributed by atoms with van der Waals surface area (Å²) in [4.78, 5) is 12.3. The van der Waals surface area contributed by atoms with Gasteiger partial charge in [-0.05, 0) is 36.8 Å². The van der Waals surface area contributed by atoms with Crippen molar-refractivity contribution in [3.8, 4) is 17.0 Å². The first-order valence-corrected chi connectivity index (χ1v) is 8.17. The summed E-state index contributed by atoms with van der Waals surface area (Å²) < 4.78 is 15.6. The first-order chi connectivity index (χ1) is 12.5. The first kappa shape index (κ1) is 17.8. The number of halogens is 1. The molecule has 26 heavy (non-hydrogen) atoms. The average Bonchev–Trinajstić information content (AvgIpc) is 3.05. The zero-order chi connectivity index (χ0) is 18.7. The molecule has 0 aliphatic carbocycles. The third-order valence-corrected chi connectivity index (χ3v) is 4.05. The molecule has 6 nitrogen and oxygen atoms in total. The number of nitrogens with one attached hydrogen (secondary N) is 1. The van der Waals surface area contributed by atoms with Gasteiger partial charge in [0.1, 0.15) is 11.4 Å². The summed E-state index contributed by atoms with van der Waals surface area (Å²) in [6.07, 6.45) is 0. The van der Waals surface area contributed by atoms with Gasteiger partial charge in [-0.25, -0.2) is 4.79 Å². The fourth-order valence-corrected chi connectivity index (χ4v) is 2.64. The second kappa shape index (κ2) is 7.49. The highest BCUT2D eigenvalue weighted by Crippen LogP contribution is 2.35. The van der Waals surface area contributed by atoms with Gasteiger partial charge in [0.05, 0.1) is 19.9 Å². The third-order valence-electron chi connectivity index (χ3n) is 3.80. The summed E-state index contributed by atoms with van der Waals surface area (Å²) in [5, 5.41) is 7.69. The predicted octanol–water partition coefficient (Wildman–Crippen LogP) is 4.84. The van der Waals surface area contributed by atoms with Crippen LogP contribution in [0.25, 0.3) is 11.3 Å². The second-order valence-corrected chi connectivity index (χ2v) is 6.00. The Morgan fingerprint density at radius 3 is 2.54 bits per heavy atom. The van der Waals surface area contributed by atoms with E-state index in [0.717, 1.165) is 5.56 Å². The van der Waals surface area contributed by atoms with Gasteiger partial charge in [0.25, 0.3) is 0 Å². The lowest BCUT2D eigenvalue weighted by molar-refractivity contribution is 0.0602. The molecule has 0 spiro atoms. The third kappa shape index (κ3) is 3.50. The number of esters is 1. The molecule has 0 amide bonds. The normalized spacial score (nSPS) is 10.5. The Morgan fingerprint density at radius 2 is 1.88 bits per heavy atom. The van der Waals surface area contributed by atoms with Crippen molar-refractivity contribution in [2.24, 2.45) is 0 Å². The van der Waals surface area contributed by atoms with Gasteiger partial charge in [-0.15, -0.1) is 0 Å². The molecule has 0 saturated carbocycles. The number of rotatable bonds is 5. The Bertz CT molecular complexity index is 935. The average molecular weight is 373 g/mol. The van der Waals surface area contributed by atoms with Crippen molar-refractivity contribution < 1.29 is 18.8 Å². The van der Waals surface area contributed by atoms with Gasteiger partial charge < -0.3 is 19.3 Å². The Labute approximate surface area is 155 Å². The lowest BCUT2D eigenvalue weighted by Crippen LogP contribution is -2.05. The molecule has 1 N–H and O–H groups in total. The van der Waals surface area contributed by atoms with E-state index in [9.17, 15) is 4.79 Å². The molecular formula is C19H17ClN2O4. The van der Waals surface area contributed by atoms with Crippen molar-refractivity contribution in [2.75, 3.05) is 19.5 Å². The van der Waals surface area contributed by atoms with Crippen LogP contribution in [-0.4, -0.2) is 25.3 Å². The van der Waals surface area contributed by atoms with Crippen molar-refractivity contribution >= 4 is 29.1 Å². The highest BCUT2D eigenvalue weighted by Gasteiger charge is 2.25. The van der Waals surface area contributed by atoms with Crippen molar-refractivity contribution in [3.05, 3.63) is 58.6 Å². The molecule has 0 atom stereocenters. The zero-order valence-electron chi connectivity index (χ0n) is 14.5. The van der Waals surface area contributed by atoms with E-state index >= 15 is 0 Å². The van der Waals surface area contributed by atoms with E-state index < -0.39 is 5.97 Å². The maximum Gasteiger partial charge on any atom is 0.345 e. The number of carbonyl (C=O) groups is 1. The van der Waals surface area contributed by atoms with Crippen LogP contribution in [0.5, 0.6) is 5.75 Å². The summed E-state index contributed by atoms with van der Waals surface area (Å²) in [6, 6.07) is 12.6. The maximum absolute atomic E-state index is 12.3. The number of methoxy groups -OCH3 is 2. The summed E-state index contributed by atoms with van der Waals surface area (Å²) in [5.41, 5.74) is 2.91. The molecule has 7 heteroatoms. The summed E-state index contributed by atoms with van der Waals surface area (Å²) >= 11 is 5.93. The van der Waals surface area contributed by atoms with E-state index in [1.165, 1.54) is 7.11 Å². The van der Waals surface area contributed by atoms with E-state index in [1.54, 1.807) is 31.4 Å². The Kier molecular flexibility index (Phi) is 5.14. The Hall–Kier alpha value is -2.99. The molecule has 3 rings (SSSR count). The highest BCUT2D eigenvalue weighted by molar-refractivity contribution is 6.30. The molecule has 1 aromatic heterocycles. The van der Waals surface area contributed by atoms with Crippen LogP contribution >= 0.6 is 11.6 Å². The van der Waals surface area contributed by atoms with Gasteiger partial charge in [-0.1, -0.05) is 35.0 Å². The minimum Gasteiger partial charge on any atom is -0.495 e. The molecule has 1 heterocycles.